The largest absolute Gasteiger partial charge is 0.377 e. The van der Waals surface area contributed by atoms with Gasteiger partial charge < -0.3 is 14.8 Å². The Kier molecular flexibility index (Phi) is 9.95. The summed E-state index contributed by atoms with van der Waals surface area (Å²) in [5, 5.41) is 3.99. The molecule has 0 aliphatic heterocycles. The van der Waals surface area contributed by atoms with Crippen molar-refractivity contribution in [2.24, 2.45) is 0 Å². The second-order valence-electron chi connectivity index (χ2n) is 9.00. The Hall–Kier alpha value is -4.83. The van der Waals surface area contributed by atoms with Crippen LogP contribution < -0.4 is 14.8 Å². The van der Waals surface area contributed by atoms with E-state index in [0.29, 0.717) is 17.5 Å². The van der Waals surface area contributed by atoms with Crippen LogP contribution in [-0.2, 0) is 23.1 Å². The van der Waals surface area contributed by atoms with E-state index < -0.39 is 27.2 Å². The van der Waals surface area contributed by atoms with Crippen LogP contribution in [0, 0.1) is 0 Å². The average molecular weight is 574 g/mol. The lowest BCUT2D eigenvalue weighted by Gasteiger charge is -2.18. The summed E-state index contributed by atoms with van der Waals surface area (Å²) in [5.41, 5.74) is 2.13. The highest BCUT2D eigenvalue weighted by Crippen LogP contribution is 2.20. The van der Waals surface area contributed by atoms with Crippen LogP contribution in [0.1, 0.15) is 38.3 Å². The third kappa shape index (κ3) is 8.58. The highest BCUT2D eigenvalue weighted by atomic mass is 32.2. The maximum Gasteiger partial charge on any atom is 0.366 e. The molecule has 0 unspecified atom stereocenters. The van der Waals surface area contributed by atoms with E-state index >= 15 is 4.39 Å². The number of nitrogens with zero attached hydrogens (tertiary/aromatic N) is 1. The Labute approximate surface area is 238 Å². The molecule has 1 atom stereocenters. The van der Waals surface area contributed by atoms with Crippen molar-refractivity contribution in [2.75, 3.05) is 0 Å². The monoisotopic (exact) mass is 573 g/mol. The van der Waals surface area contributed by atoms with Crippen molar-refractivity contribution in [2.45, 2.75) is 25.4 Å². The van der Waals surface area contributed by atoms with E-state index in [-0.39, 0.29) is 30.2 Å². The number of rotatable bonds is 12. The highest BCUT2D eigenvalue weighted by Gasteiger charge is 2.24. The van der Waals surface area contributed by atoms with Crippen LogP contribution in [-0.4, -0.2) is 31.3 Å². The van der Waals surface area contributed by atoms with Crippen LogP contribution >= 0.6 is 0 Å². The number of benzene rings is 3. The maximum atomic E-state index is 15.1. The SMILES string of the molecule is O=C(NCc1ccccc1C(=O)N[C@H](/C=C(\F)S(=O)(=O)Oc1ccccc1)CCc1ccccc1)c1ccncc1. The van der Waals surface area contributed by atoms with E-state index in [9.17, 15) is 18.0 Å². The predicted molar refractivity (Wildman–Crippen MR) is 153 cm³/mol. The van der Waals surface area contributed by atoms with Crippen molar-refractivity contribution in [3.63, 3.8) is 0 Å². The summed E-state index contributed by atoms with van der Waals surface area (Å²) < 4.78 is 45.1. The molecule has 0 aliphatic rings. The van der Waals surface area contributed by atoms with Gasteiger partial charge in [0.15, 0.2) is 0 Å². The molecule has 0 saturated heterocycles. The van der Waals surface area contributed by atoms with Crippen molar-refractivity contribution in [3.05, 3.63) is 143 Å². The Balaban J connectivity index is 1.52. The number of hydrogen-bond acceptors (Lipinski definition) is 6. The Bertz CT molecular complexity index is 1600. The molecule has 8 nitrogen and oxygen atoms in total. The van der Waals surface area contributed by atoms with E-state index in [2.05, 4.69) is 15.6 Å². The lowest BCUT2D eigenvalue weighted by atomic mass is 10.0. The summed E-state index contributed by atoms with van der Waals surface area (Å²) >= 11 is 0. The second kappa shape index (κ2) is 14.0. The lowest BCUT2D eigenvalue weighted by molar-refractivity contribution is 0.0929. The minimum Gasteiger partial charge on any atom is -0.377 e. The number of aromatic nitrogens is 1. The molecule has 0 fully saturated rings. The summed E-state index contributed by atoms with van der Waals surface area (Å²) in [6, 6.07) is 25.7. The second-order valence-corrected chi connectivity index (χ2v) is 10.5. The van der Waals surface area contributed by atoms with Crippen LogP contribution in [0.15, 0.2) is 121 Å². The van der Waals surface area contributed by atoms with E-state index in [4.69, 9.17) is 4.18 Å². The van der Waals surface area contributed by atoms with Gasteiger partial charge in [0.1, 0.15) is 5.75 Å². The fraction of sp³-hybridized carbons (Fsp3) is 0.129. The summed E-state index contributed by atoms with van der Waals surface area (Å²) in [7, 11) is -4.75. The lowest BCUT2D eigenvalue weighted by Crippen LogP contribution is -2.35. The van der Waals surface area contributed by atoms with Gasteiger partial charge in [-0.15, -0.1) is 0 Å². The fourth-order valence-electron chi connectivity index (χ4n) is 3.97. The third-order valence-corrected chi connectivity index (χ3v) is 7.09. The Morgan fingerprint density at radius 2 is 1.49 bits per heavy atom. The highest BCUT2D eigenvalue weighted by molar-refractivity contribution is 7.90. The first kappa shape index (κ1) is 29.2. The average Bonchev–Trinajstić information content (AvgIpc) is 3.00. The predicted octanol–water partition coefficient (Wildman–Crippen LogP) is 4.96. The van der Waals surface area contributed by atoms with Crippen molar-refractivity contribution >= 4 is 21.9 Å². The molecular weight excluding hydrogens is 545 g/mol. The normalized spacial score (nSPS) is 12.3. The molecular formula is C31H28FN3O5S. The molecule has 1 heterocycles. The topological polar surface area (TPSA) is 114 Å². The summed E-state index contributed by atoms with van der Waals surface area (Å²) in [4.78, 5) is 29.7. The molecule has 0 saturated carbocycles. The summed E-state index contributed by atoms with van der Waals surface area (Å²) in [6.45, 7) is 0.0585. The van der Waals surface area contributed by atoms with Gasteiger partial charge in [0.05, 0.1) is 6.04 Å². The van der Waals surface area contributed by atoms with Gasteiger partial charge in [-0.25, -0.2) is 0 Å². The van der Waals surface area contributed by atoms with Crippen LogP contribution in [0.4, 0.5) is 4.39 Å². The minimum atomic E-state index is -4.75. The molecule has 4 aromatic rings. The molecule has 2 amide bonds. The number of carbonyl (C=O) groups excluding carboxylic acids is 2. The number of carbonyl (C=O) groups is 2. The van der Waals surface area contributed by atoms with Gasteiger partial charge >= 0.3 is 10.1 Å². The smallest absolute Gasteiger partial charge is 0.366 e. The molecule has 1 aromatic heterocycles. The van der Waals surface area contributed by atoms with Gasteiger partial charge in [0.2, 0.25) is 0 Å². The summed E-state index contributed by atoms with van der Waals surface area (Å²) in [6.07, 6.45) is 4.50. The number of pyridine rings is 1. The van der Waals surface area contributed by atoms with E-state index in [0.717, 1.165) is 11.6 Å². The number of para-hydroxylation sites is 1. The number of nitrogens with one attached hydrogen (secondary N) is 2. The zero-order valence-electron chi connectivity index (χ0n) is 21.9. The van der Waals surface area contributed by atoms with E-state index in [1.54, 1.807) is 54.6 Å². The fourth-order valence-corrected chi connectivity index (χ4v) is 4.75. The van der Waals surface area contributed by atoms with Crippen molar-refractivity contribution in [1.82, 2.24) is 15.6 Å². The molecule has 41 heavy (non-hydrogen) atoms. The molecule has 4 rings (SSSR count). The van der Waals surface area contributed by atoms with Crippen molar-refractivity contribution < 1.29 is 26.6 Å². The van der Waals surface area contributed by atoms with Crippen LogP contribution in [0.2, 0.25) is 0 Å². The standard InChI is InChI=1S/C31H28FN3O5S/c32-29(41(38,39)40-27-12-5-2-6-13-27)21-26(16-15-23-9-3-1-4-10-23)35-31(37)28-14-8-7-11-25(28)22-34-30(36)24-17-19-33-20-18-24/h1-14,17-21,26H,15-16,22H2,(H,34,36)(H,35,37)/b29-21+/t26-/m0/s1. The zero-order chi connectivity index (χ0) is 29.1. The minimum absolute atomic E-state index is 0.0383. The number of aryl methyl sites for hydroxylation is 1. The first-order valence-corrected chi connectivity index (χ1v) is 14.2. The molecule has 3 aromatic carbocycles. The van der Waals surface area contributed by atoms with E-state index in [1.165, 1.54) is 24.5 Å². The van der Waals surface area contributed by atoms with Gasteiger partial charge in [-0.3, -0.25) is 14.6 Å². The molecule has 0 aliphatic carbocycles. The molecule has 0 bridgehead atoms. The number of amides is 2. The van der Waals surface area contributed by atoms with E-state index in [1.807, 2.05) is 30.3 Å². The number of halogens is 1. The molecule has 0 spiro atoms. The first-order chi connectivity index (χ1) is 19.8. The van der Waals surface area contributed by atoms with Gasteiger partial charge in [-0.2, -0.15) is 12.8 Å². The molecule has 210 valence electrons. The van der Waals surface area contributed by atoms with Gasteiger partial charge in [-0.05, 0) is 60.4 Å². The molecule has 10 heteroatoms. The van der Waals surface area contributed by atoms with Gasteiger partial charge in [0.25, 0.3) is 17.0 Å². The molecule has 2 N–H and O–H groups in total. The summed E-state index contributed by atoms with van der Waals surface area (Å²) in [5.74, 6) is -0.928. The molecule has 0 radical (unpaired) electrons. The van der Waals surface area contributed by atoms with Crippen LogP contribution in [0.25, 0.3) is 0 Å². The third-order valence-electron chi connectivity index (χ3n) is 6.07. The Morgan fingerprint density at radius 1 is 0.854 bits per heavy atom. The maximum absolute atomic E-state index is 15.1. The van der Waals surface area contributed by atoms with Crippen molar-refractivity contribution in [3.8, 4) is 5.75 Å². The van der Waals surface area contributed by atoms with Gasteiger partial charge in [0, 0.05) is 30.1 Å². The van der Waals surface area contributed by atoms with Gasteiger partial charge in [-0.1, -0.05) is 66.7 Å². The Morgan fingerprint density at radius 3 is 2.20 bits per heavy atom. The quantitative estimate of drug-likeness (QED) is 0.232. The van der Waals surface area contributed by atoms with Crippen LogP contribution in [0.3, 0.4) is 0 Å². The zero-order valence-corrected chi connectivity index (χ0v) is 22.8. The first-order valence-electron chi connectivity index (χ1n) is 12.8. The van der Waals surface area contributed by atoms with Crippen molar-refractivity contribution in [1.29, 1.82) is 0 Å². The van der Waals surface area contributed by atoms with Crippen LogP contribution in [0.5, 0.6) is 5.75 Å². The number of hydrogen-bond donors (Lipinski definition) is 2.